The molecule has 0 aromatic rings. The van der Waals surface area contributed by atoms with Crippen molar-refractivity contribution < 1.29 is 14.2 Å². The molecule has 110 valence electrons. The zero-order valence-electron chi connectivity index (χ0n) is 12.9. The predicted molar refractivity (Wildman–Crippen MR) is 74.2 cm³/mol. The summed E-state index contributed by atoms with van der Waals surface area (Å²) in [5.41, 5.74) is -0.537. The van der Waals surface area contributed by atoms with E-state index in [0.29, 0.717) is 19.1 Å². The molecule has 0 amide bonds. The van der Waals surface area contributed by atoms with E-state index in [1.165, 1.54) is 0 Å². The van der Waals surface area contributed by atoms with Crippen molar-refractivity contribution in [1.82, 2.24) is 0 Å². The van der Waals surface area contributed by atoms with E-state index in [0.717, 1.165) is 6.42 Å². The van der Waals surface area contributed by atoms with Crippen LogP contribution >= 0.6 is 0 Å². The van der Waals surface area contributed by atoms with Gasteiger partial charge in [-0.3, -0.25) is 4.74 Å². The second-order valence-electron chi connectivity index (χ2n) is 7.22. The van der Waals surface area contributed by atoms with Crippen LogP contribution in [0.1, 0.15) is 41.0 Å². The van der Waals surface area contributed by atoms with E-state index in [1.807, 2.05) is 20.8 Å². The zero-order chi connectivity index (χ0) is 15.0. The summed E-state index contributed by atoms with van der Waals surface area (Å²) in [6.07, 6.45) is 0.315. The Morgan fingerprint density at radius 3 is 2.30 bits per heavy atom. The third-order valence-corrected chi connectivity index (χ3v) is 3.45. The summed E-state index contributed by atoms with van der Waals surface area (Å²) >= 11 is 0. The first kappa shape index (κ1) is 15.3. The first-order chi connectivity index (χ1) is 9.20. The molecular weight excluding hydrogens is 254 g/mol. The molecule has 0 aromatic heterocycles. The van der Waals surface area contributed by atoms with Crippen LogP contribution in [0.5, 0.6) is 0 Å². The predicted octanol–water partition coefficient (Wildman–Crippen LogP) is 2.69. The average molecular weight is 277 g/mol. The molecule has 0 aromatic carbocycles. The van der Waals surface area contributed by atoms with Crippen LogP contribution in [0.2, 0.25) is 0 Å². The van der Waals surface area contributed by atoms with Gasteiger partial charge in [0, 0.05) is 5.41 Å². The highest BCUT2D eigenvalue weighted by Gasteiger charge is 2.58. The standard InChI is InChI=1S/C16H23NO3/c1-12(2)8-15-10-18-16(19-11-15,20-13(15)9-17)7-6-14(3,4)5/h12-13H,8,10-11H2,1-5H3. The van der Waals surface area contributed by atoms with Gasteiger partial charge in [0.05, 0.1) is 24.7 Å². The fourth-order valence-corrected chi connectivity index (χ4v) is 2.63. The van der Waals surface area contributed by atoms with Gasteiger partial charge >= 0.3 is 5.97 Å². The SMILES string of the molecule is CC(C)CC12COC(C#CC(C)(C)C)(OC1)OC2C#N. The summed E-state index contributed by atoms with van der Waals surface area (Å²) in [4.78, 5) is 0. The van der Waals surface area contributed by atoms with Gasteiger partial charge in [-0.2, -0.15) is 5.26 Å². The second kappa shape index (κ2) is 5.04. The Morgan fingerprint density at radius 1 is 1.25 bits per heavy atom. The topological polar surface area (TPSA) is 51.5 Å². The minimum Gasteiger partial charge on any atom is -0.316 e. The lowest BCUT2D eigenvalue weighted by atomic mass is 9.75. The van der Waals surface area contributed by atoms with Crippen LogP contribution in [0.3, 0.4) is 0 Å². The quantitative estimate of drug-likeness (QED) is 0.728. The summed E-state index contributed by atoms with van der Waals surface area (Å²) in [5.74, 6) is 5.10. The molecule has 3 saturated heterocycles. The highest BCUT2D eigenvalue weighted by molar-refractivity contribution is 5.17. The molecule has 20 heavy (non-hydrogen) atoms. The summed E-state index contributed by atoms with van der Waals surface area (Å²) < 4.78 is 17.2. The zero-order valence-corrected chi connectivity index (χ0v) is 12.9. The molecule has 4 nitrogen and oxygen atoms in total. The second-order valence-corrected chi connectivity index (χ2v) is 7.22. The molecule has 1 atom stereocenters. The molecule has 0 radical (unpaired) electrons. The molecule has 2 bridgehead atoms. The van der Waals surface area contributed by atoms with Gasteiger partial charge in [-0.1, -0.05) is 19.8 Å². The lowest BCUT2D eigenvalue weighted by Crippen LogP contribution is -2.64. The van der Waals surface area contributed by atoms with Crippen LogP contribution < -0.4 is 0 Å². The van der Waals surface area contributed by atoms with Crippen LogP contribution in [0, 0.1) is 39.9 Å². The fraction of sp³-hybridized carbons (Fsp3) is 0.812. The van der Waals surface area contributed by atoms with Crippen molar-refractivity contribution in [3.8, 4) is 17.9 Å². The maximum absolute atomic E-state index is 9.40. The van der Waals surface area contributed by atoms with Gasteiger partial charge in [0.1, 0.15) is 0 Å². The lowest BCUT2D eigenvalue weighted by Gasteiger charge is -2.52. The van der Waals surface area contributed by atoms with Crippen LogP contribution in [0.25, 0.3) is 0 Å². The minimum atomic E-state index is -1.35. The molecule has 0 N–H and O–H groups in total. The fourth-order valence-electron chi connectivity index (χ4n) is 2.63. The van der Waals surface area contributed by atoms with Crippen molar-refractivity contribution in [3.63, 3.8) is 0 Å². The van der Waals surface area contributed by atoms with Gasteiger partial charge in [-0.15, -0.1) is 0 Å². The van der Waals surface area contributed by atoms with Crippen molar-refractivity contribution in [2.75, 3.05) is 13.2 Å². The Morgan fingerprint density at radius 2 is 1.85 bits per heavy atom. The molecule has 3 aliphatic heterocycles. The number of hydrogen-bond donors (Lipinski definition) is 0. The van der Waals surface area contributed by atoms with E-state index in [2.05, 4.69) is 31.8 Å². The number of hydrogen-bond acceptors (Lipinski definition) is 4. The Bertz CT molecular complexity index is 465. The van der Waals surface area contributed by atoms with E-state index in [1.54, 1.807) is 0 Å². The summed E-state index contributed by atoms with van der Waals surface area (Å²) in [6.45, 7) is 11.2. The smallest absolute Gasteiger partial charge is 0.316 e. The number of nitrogens with zero attached hydrogens (tertiary/aromatic N) is 1. The van der Waals surface area contributed by atoms with E-state index in [9.17, 15) is 5.26 Å². The van der Waals surface area contributed by atoms with Crippen molar-refractivity contribution in [1.29, 1.82) is 5.26 Å². The van der Waals surface area contributed by atoms with Gasteiger partial charge in [0.25, 0.3) is 0 Å². The van der Waals surface area contributed by atoms with Gasteiger partial charge in [0.2, 0.25) is 0 Å². The highest BCUT2D eigenvalue weighted by Crippen LogP contribution is 2.46. The van der Waals surface area contributed by atoms with E-state index < -0.39 is 12.1 Å². The monoisotopic (exact) mass is 277 g/mol. The third-order valence-electron chi connectivity index (χ3n) is 3.45. The Balaban J connectivity index is 2.22. The molecule has 3 rings (SSSR count). The van der Waals surface area contributed by atoms with Gasteiger partial charge in [-0.25, -0.2) is 0 Å². The van der Waals surface area contributed by atoms with Crippen LogP contribution in [-0.2, 0) is 14.2 Å². The third kappa shape index (κ3) is 2.99. The van der Waals surface area contributed by atoms with Gasteiger partial charge in [0.15, 0.2) is 6.10 Å². The largest absolute Gasteiger partial charge is 0.354 e. The number of fused-ring (bicyclic) bond motifs is 3. The first-order valence-corrected chi connectivity index (χ1v) is 7.10. The Kier molecular flexibility index (Phi) is 3.86. The normalized spacial score (nSPS) is 36.4. The summed E-state index contributed by atoms with van der Waals surface area (Å²) in [5, 5.41) is 9.40. The number of nitriles is 1. The molecular formula is C16H23NO3. The molecule has 1 unspecified atom stereocenters. The van der Waals surface area contributed by atoms with E-state index in [4.69, 9.17) is 14.2 Å². The van der Waals surface area contributed by atoms with Crippen molar-refractivity contribution in [2.24, 2.45) is 16.7 Å². The van der Waals surface area contributed by atoms with Crippen LogP contribution in [-0.4, -0.2) is 25.3 Å². The lowest BCUT2D eigenvalue weighted by molar-refractivity contribution is -0.454. The van der Waals surface area contributed by atoms with Crippen molar-refractivity contribution in [2.45, 2.75) is 53.1 Å². The molecule has 0 aliphatic carbocycles. The molecule has 3 heterocycles. The molecule has 3 fully saturated rings. The van der Waals surface area contributed by atoms with Crippen molar-refractivity contribution in [3.05, 3.63) is 0 Å². The van der Waals surface area contributed by atoms with E-state index in [-0.39, 0.29) is 10.8 Å². The van der Waals surface area contributed by atoms with Crippen molar-refractivity contribution >= 4 is 0 Å². The summed E-state index contributed by atoms with van der Waals surface area (Å²) in [6, 6.07) is 2.25. The maximum Gasteiger partial charge on any atom is 0.354 e. The minimum absolute atomic E-state index is 0.170. The summed E-state index contributed by atoms with van der Waals surface area (Å²) in [7, 11) is 0. The molecule has 0 spiro atoms. The Hall–Kier alpha value is -1.07. The van der Waals surface area contributed by atoms with Crippen LogP contribution in [0.15, 0.2) is 0 Å². The highest BCUT2D eigenvalue weighted by atomic mass is 16.9. The maximum atomic E-state index is 9.40. The first-order valence-electron chi connectivity index (χ1n) is 7.10. The Labute approximate surface area is 121 Å². The average Bonchev–Trinajstić information content (AvgIpc) is 2.36. The van der Waals surface area contributed by atoms with E-state index >= 15 is 0 Å². The number of ether oxygens (including phenoxy) is 3. The number of rotatable bonds is 2. The molecule has 3 aliphatic rings. The van der Waals surface area contributed by atoms with Gasteiger partial charge in [-0.05, 0) is 39.0 Å². The van der Waals surface area contributed by atoms with Crippen LogP contribution in [0.4, 0.5) is 0 Å². The molecule has 0 saturated carbocycles. The molecule has 4 heteroatoms. The van der Waals surface area contributed by atoms with Gasteiger partial charge < -0.3 is 9.47 Å².